The molecule has 0 atom stereocenters. The lowest BCUT2D eigenvalue weighted by Crippen LogP contribution is -2.41. The summed E-state index contributed by atoms with van der Waals surface area (Å²) < 4.78 is 28.0. The molecule has 2 heterocycles. The fourth-order valence-corrected chi connectivity index (χ4v) is 6.32. The number of aryl methyl sites for hydroxylation is 2. The van der Waals surface area contributed by atoms with E-state index in [4.69, 9.17) is 11.6 Å². The molecule has 0 saturated carbocycles. The first kappa shape index (κ1) is 23.7. The van der Waals surface area contributed by atoms with Crippen LogP contribution >= 0.6 is 11.6 Å². The summed E-state index contributed by atoms with van der Waals surface area (Å²) in [7, 11) is -3.67. The topological polar surface area (TPSA) is 86.8 Å². The number of carbonyl (C=O) groups excluding carboxylic acids is 2. The number of hydrogen-bond donors (Lipinski definition) is 1. The number of carbonyl (C=O) groups is 2. The van der Waals surface area contributed by atoms with Crippen LogP contribution in [0.15, 0.2) is 41.3 Å². The minimum atomic E-state index is -3.67. The van der Waals surface area contributed by atoms with E-state index in [1.54, 1.807) is 41.3 Å². The minimum absolute atomic E-state index is 0.0410. The maximum Gasteiger partial charge on any atom is 0.243 e. The summed E-state index contributed by atoms with van der Waals surface area (Å²) >= 11 is 5.98. The highest BCUT2D eigenvalue weighted by Crippen LogP contribution is 2.32. The second kappa shape index (κ2) is 9.44. The van der Waals surface area contributed by atoms with E-state index in [2.05, 4.69) is 5.32 Å². The average molecular weight is 490 g/mol. The van der Waals surface area contributed by atoms with Gasteiger partial charge in [-0.2, -0.15) is 4.31 Å². The number of hydrogen-bond acceptors (Lipinski definition) is 4. The van der Waals surface area contributed by atoms with Crippen molar-refractivity contribution >= 4 is 44.8 Å². The second-order valence-corrected chi connectivity index (χ2v) is 11.1. The van der Waals surface area contributed by atoms with Gasteiger partial charge in [-0.1, -0.05) is 11.6 Å². The molecule has 0 spiro atoms. The summed E-state index contributed by atoms with van der Waals surface area (Å²) in [5.41, 5.74) is 3.27. The van der Waals surface area contributed by atoms with Crippen LogP contribution in [0.3, 0.4) is 0 Å². The Morgan fingerprint density at radius 2 is 1.79 bits per heavy atom. The van der Waals surface area contributed by atoms with E-state index >= 15 is 0 Å². The first-order valence-corrected chi connectivity index (χ1v) is 13.0. The van der Waals surface area contributed by atoms with Crippen LogP contribution in [0.2, 0.25) is 5.02 Å². The van der Waals surface area contributed by atoms with E-state index in [0.717, 1.165) is 29.7 Å². The van der Waals surface area contributed by atoms with E-state index < -0.39 is 10.0 Å². The zero-order valence-corrected chi connectivity index (χ0v) is 20.4. The van der Waals surface area contributed by atoms with Crippen molar-refractivity contribution in [1.29, 1.82) is 0 Å². The van der Waals surface area contributed by atoms with Crippen LogP contribution in [0, 0.1) is 12.8 Å². The van der Waals surface area contributed by atoms with Crippen LogP contribution in [-0.4, -0.2) is 44.2 Å². The molecule has 2 aromatic carbocycles. The molecule has 2 aliphatic heterocycles. The third kappa shape index (κ3) is 4.93. The Kier molecular flexibility index (Phi) is 6.79. The molecule has 7 nitrogen and oxygen atoms in total. The molecule has 0 unspecified atom stereocenters. The highest BCUT2D eigenvalue weighted by molar-refractivity contribution is 7.89. The Hall–Kier alpha value is -2.42. The normalized spacial score (nSPS) is 17.5. The van der Waals surface area contributed by atoms with Crippen LogP contribution in [0.25, 0.3) is 0 Å². The van der Waals surface area contributed by atoms with Crippen molar-refractivity contribution in [3.8, 4) is 0 Å². The lowest BCUT2D eigenvalue weighted by molar-refractivity contribution is -0.121. The minimum Gasteiger partial charge on any atom is -0.326 e. The molecule has 1 N–H and O–H groups in total. The molecule has 33 heavy (non-hydrogen) atoms. The maximum atomic E-state index is 13.3. The Bertz CT molecular complexity index is 1190. The van der Waals surface area contributed by atoms with Gasteiger partial charge in [0.2, 0.25) is 21.8 Å². The third-order valence-corrected chi connectivity index (χ3v) is 8.59. The number of nitrogens with zero attached hydrogens (tertiary/aromatic N) is 2. The fraction of sp³-hybridized carbons (Fsp3) is 0.417. The van der Waals surface area contributed by atoms with Gasteiger partial charge in [0.1, 0.15) is 0 Å². The molecular formula is C24H28ClN3O4S. The summed E-state index contributed by atoms with van der Waals surface area (Å²) in [4.78, 5) is 26.6. The number of fused-ring (bicyclic) bond motifs is 1. The monoisotopic (exact) mass is 489 g/mol. The van der Waals surface area contributed by atoms with Gasteiger partial charge >= 0.3 is 0 Å². The Labute approximate surface area is 199 Å². The van der Waals surface area contributed by atoms with Gasteiger partial charge in [-0.15, -0.1) is 0 Å². The number of rotatable bonds is 4. The number of amides is 2. The molecule has 0 aromatic heterocycles. The standard InChI is InChI=1S/C24H28ClN3O4S/c1-16-14-20(25)5-7-22(16)26-24(30)18-9-12-27(13-10-18)33(31,32)21-6-8-23-19(15-21)4-3-11-28(23)17(2)29/h5-8,14-15,18H,3-4,9-13H2,1-2H3,(H,26,30). The lowest BCUT2D eigenvalue weighted by Gasteiger charge is -2.32. The highest BCUT2D eigenvalue weighted by atomic mass is 35.5. The Morgan fingerprint density at radius 3 is 2.45 bits per heavy atom. The van der Waals surface area contributed by atoms with Gasteiger partial charge in [0.25, 0.3) is 0 Å². The van der Waals surface area contributed by atoms with E-state index in [9.17, 15) is 18.0 Å². The molecule has 9 heteroatoms. The maximum absolute atomic E-state index is 13.3. The number of nitrogens with one attached hydrogen (secondary N) is 1. The lowest BCUT2D eigenvalue weighted by atomic mass is 9.97. The van der Waals surface area contributed by atoms with Gasteiger partial charge in [-0.25, -0.2) is 8.42 Å². The molecule has 4 rings (SSSR count). The quantitative estimate of drug-likeness (QED) is 0.703. The molecule has 1 fully saturated rings. The zero-order chi connectivity index (χ0) is 23.8. The van der Waals surface area contributed by atoms with Crippen LogP contribution < -0.4 is 10.2 Å². The number of anilines is 2. The Balaban J connectivity index is 1.43. The number of piperidine rings is 1. The van der Waals surface area contributed by atoms with Crippen LogP contribution in [0.1, 0.15) is 37.3 Å². The molecule has 0 radical (unpaired) electrons. The summed E-state index contributed by atoms with van der Waals surface area (Å²) in [6, 6.07) is 10.3. The first-order chi connectivity index (χ1) is 15.7. The summed E-state index contributed by atoms with van der Waals surface area (Å²) in [6.07, 6.45) is 2.47. The average Bonchev–Trinajstić information content (AvgIpc) is 2.80. The van der Waals surface area contributed by atoms with E-state index in [1.165, 1.54) is 11.2 Å². The van der Waals surface area contributed by atoms with Crippen LogP contribution in [-0.2, 0) is 26.0 Å². The van der Waals surface area contributed by atoms with Crippen molar-refractivity contribution in [3.05, 3.63) is 52.5 Å². The summed E-state index contributed by atoms with van der Waals surface area (Å²) in [5.74, 6) is -0.393. The third-order valence-electron chi connectivity index (χ3n) is 6.46. The Morgan fingerprint density at radius 1 is 1.06 bits per heavy atom. The van der Waals surface area contributed by atoms with E-state index in [0.29, 0.717) is 30.1 Å². The molecule has 1 saturated heterocycles. The first-order valence-electron chi connectivity index (χ1n) is 11.1. The van der Waals surface area contributed by atoms with Crippen molar-refractivity contribution in [2.75, 3.05) is 29.9 Å². The zero-order valence-electron chi connectivity index (χ0n) is 18.8. The largest absolute Gasteiger partial charge is 0.326 e. The van der Waals surface area contributed by atoms with Gasteiger partial charge in [-0.05, 0) is 80.1 Å². The van der Waals surface area contributed by atoms with Gasteiger partial charge in [0.15, 0.2) is 0 Å². The molecule has 176 valence electrons. The van der Waals surface area contributed by atoms with Gasteiger partial charge in [0.05, 0.1) is 4.90 Å². The summed E-state index contributed by atoms with van der Waals surface area (Å²) in [5, 5.41) is 3.55. The van der Waals surface area contributed by atoms with Crippen molar-refractivity contribution in [2.45, 2.75) is 44.4 Å². The fourth-order valence-electron chi connectivity index (χ4n) is 4.57. The van der Waals surface area contributed by atoms with Gasteiger partial charge in [-0.3, -0.25) is 9.59 Å². The molecule has 0 aliphatic carbocycles. The molecule has 2 amide bonds. The molecule has 2 aliphatic rings. The van der Waals surface area contributed by atoms with Crippen molar-refractivity contribution in [3.63, 3.8) is 0 Å². The van der Waals surface area contributed by atoms with Crippen LogP contribution in [0.5, 0.6) is 0 Å². The SMILES string of the molecule is CC(=O)N1CCCc2cc(S(=O)(=O)N3CCC(C(=O)Nc4ccc(Cl)cc4C)CC3)ccc21. The number of halogens is 1. The smallest absolute Gasteiger partial charge is 0.243 e. The molecule has 0 bridgehead atoms. The predicted molar refractivity (Wildman–Crippen MR) is 129 cm³/mol. The number of sulfonamides is 1. The van der Waals surface area contributed by atoms with E-state index in [1.807, 2.05) is 6.92 Å². The van der Waals surface area contributed by atoms with Crippen LogP contribution in [0.4, 0.5) is 11.4 Å². The van der Waals surface area contributed by atoms with Gasteiger partial charge < -0.3 is 10.2 Å². The van der Waals surface area contributed by atoms with Crippen molar-refractivity contribution in [1.82, 2.24) is 4.31 Å². The predicted octanol–water partition coefficient (Wildman–Crippen LogP) is 3.99. The van der Waals surface area contributed by atoms with Gasteiger partial charge in [0, 0.05) is 48.9 Å². The highest BCUT2D eigenvalue weighted by Gasteiger charge is 2.33. The van der Waals surface area contributed by atoms with Crippen molar-refractivity contribution < 1.29 is 18.0 Å². The number of benzene rings is 2. The second-order valence-electron chi connectivity index (χ2n) is 8.69. The molecule has 2 aromatic rings. The summed E-state index contributed by atoms with van der Waals surface area (Å²) in [6.45, 7) is 4.63. The van der Waals surface area contributed by atoms with E-state index in [-0.39, 0.29) is 35.7 Å². The van der Waals surface area contributed by atoms with Crippen molar-refractivity contribution in [2.24, 2.45) is 5.92 Å². The molecular weight excluding hydrogens is 462 g/mol.